The van der Waals surface area contributed by atoms with E-state index in [1.807, 2.05) is 17.0 Å². The minimum Gasteiger partial charge on any atom is -0.459 e. The highest BCUT2D eigenvalue weighted by molar-refractivity contribution is 5.91. The first-order valence-electron chi connectivity index (χ1n) is 11.2. The minimum atomic E-state index is -0.246. The molecule has 1 saturated heterocycles. The molecule has 4 rings (SSSR count). The van der Waals surface area contributed by atoms with E-state index < -0.39 is 0 Å². The summed E-state index contributed by atoms with van der Waals surface area (Å²) in [6.45, 7) is 3.54. The summed E-state index contributed by atoms with van der Waals surface area (Å²) < 4.78 is 5.07. The van der Waals surface area contributed by atoms with Crippen molar-refractivity contribution in [2.75, 3.05) is 32.7 Å². The molecule has 2 aromatic carbocycles. The second kappa shape index (κ2) is 10.8. The Morgan fingerprint density at radius 3 is 2.03 bits per heavy atom. The van der Waals surface area contributed by atoms with Crippen LogP contribution in [0.1, 0.15) is 40.6 Å². The highest BCUT2D eigenvalue weighted by Gasteiger charge is 2.27. The molecule has 0 radical (unpaired) electrons. The van der Waals surface area contributed by atoms with Crippen molar-refractivity contribution in [2.45, 2.75) is 18.9 Å². The summed E-state index contributed by atoms with van der Waals surface area (Å²) >= 11 is 0. The van der Waals surface area contributed by atoms with Gasteiger partial charge in [0.1, 0.15) is 0 Å². The number of carbonyl (C=O) groups is 2. The molecule has 1 aliphatic rings. The first-order valence-corrected chi connectivity index (χ1v) is 11.2. The van der Waals surface area contributed by atoms with Gasteiger partial charge >= 0.3 is 0 Å². The number of nitrogens with one attached hydrogen (secondary N) is 1. The lowest BCUT2D eigenvalue weighted by atomic mass is 9.96. The molecule has 32 heavy (non-hydrogen) atoms. The van der Waals surface area contributed by atoms with E-state index in [2.05, 4.69) is 58.7 Å². The van der Waals surface area contributed by atoms with Gasteiger partial charge in [-0.05, 0) is 29.7 Å². The number of hydrogen-bond donors (Lipinski definition) is 1. The van der Waals surface area contributed by atoms with E-state index >= 15 is 0 Å². The third-order valence-corrected chi connectivity index (χ3v) is 5.86. The van der Waals surface area contributed by atoms with Crippen LogP contribution < -0.4 is 5.32 Å². The van der Waals surface area contributed by atoms with Gasteiger partial charge in [0.2, 0.25) is 5.91 Å². The van der Waals surface area contributed by atoms with Crippen LogP contribution in [0.4, 0.5) is 0 Å². The van der Waals surface area contributed by atoms with Gasteiger partial charge in [0.25, 0.3) is 5.91 Å². The minimum absolute atomic E-state index is 0.146. The smallest absolute Gasteiger partial charge is 0.286 e. The molecule has 1 aromatic heterocycles. The van der Waals surface area contributed by atoms with Gasteiger partial charge in [0.05, 0.1) is 12.3 Å². The van der Waals surface area contributed by atoms with Crippen LogP contribution >= 0.6 is 0 Å². The van der Waals surface area contributed by atoms with Crippen LogP contribution in [0.5, 0.6) is 0 Å². The summed E-state index contributed by atoms with van der Waals surface area (Å²) in [6.07, 6.45) is 2.51. The van der Waals surface area contributed by atoms with Crippen molar-refractivity contribution < 1.29 is 14.0 Å². The zero-order chi connectivity index (χ0) is 22.2. The predicted molar refractivity (Wildman–Crippen MR) is 123 cm³/mol. The largest absolute Gasteiger partial charge is 0.459 e. The van der Waals surface area contributed by atoms with Crippen molar-refractivity contribution in [1.29, 1.82) is 0 Å². The summed E-state index contributed by atoms with van der Waals surface area (Å²) in [7, 11) is 0. The maximum Gasteiger partial charge on any atom is 0.286 e. The molecule has 6 heteroatoms. The van der Waals surface area contributed by atoms with Crippen LogP contribution in [0.2, 0.25) is 0 Å². The van der Waals surface area contributed by atoms with Crippen molar-refractivity contribution in [3.8, 4) is 0 Å². The first kappa shape index (κ1) is 21.8. The van der Waals surface area contributed by atoms with Crippen LogP contribution in [-0.4, -0.2) is 54.3 Å². The fourth-order valence-electron chi connectivity index (χ4n) is 4.21. The number of hydrogen-bond acceptors (Lipinski definition) is 4. The number of rotatable bonds is 8. The average molecular weight is 432 g/mol. The second-order valence-electron chi connectivity index (χ2n) is 7.98. The van der Waals surface area contributed by atoms with E-state index in [1.54, 1.807) is 12.1 Å². The Morgan fingerprint density at radius 1 is 0.844 bits per heavy atom. The van der Waals surface area contributed by atoms with Crippen LogP contribution in [0.3, 0.4) is 0 Å². The fraction of sp³-hybridized carbons (Fsp3) is 0.308. The van der Waals surface area contributed by atoms with Gasteiger partial charge in [-0.2, -0.15) is 0 Å². The van der Waals surface area contributed by atoms with E-state index in [4.69, 9.17) is 4.42 Å². The molecule has 1 fully saturated rings. The summed E-state index contributed by atoms with van der Waals surface area (Å²) in [5, 5.41) is 2.79. The number of carbonyl (C=O) groups excluding carboxylic acids is 2. The van der Waals surface area contributed by atoms with Gasteiger partial charge in [-0.3, -0.25) is 14.5 Å². The first-order chi connectivity index (χ1) is 15.7. The van der Waals surface area contributed by atoms with Crippen LogP contribution in [0.25, 0.3) is 0 Å². The quantitative estimate of drug-likeness (QED) is 0.552. The maximum atomic E-state index is 12.7. The third-order valence-electron chi connectivity index (χ3n) is 5.86. The molecule has 2 amide bonds. The Labute approximate surface area is 188 Å². The molecular formula is C26H29N3O3. The molecule has 0 saturated carbocycles. The summed E-state index contributed by atoms with van der Waals surface area (Å²) in [5.74, 6) is 0.190. The maximum absolute atomic E-state index is 12.7. The number of piperazine rings is 1. The Bertz CT molecular complexity index is 942. The molecule has 2 heterocycles. The standard InChI is InChI=1S/C26H29N3O3/c30-24(14-7-15-27-26(31)23-13-8-20-32-23)28-16-18-29(19-17-28)25(21-9-3-1-4-10-21)22-11-5-2-6-12-22/h1-6,8-13,20,25H,7,14-19H2,(H,27,31). The molecule has 0 aliphatic carbocycles. The predicted octanol–water partition coefficient (Wildman–Crippen LogP) is 3.72. The molecule has 0 spiro atoms. The zero-order valence-corrected chi connectivity index (χ0v) is 18.2. The number of furan rings is 1. The summed E-state index contributed by atoms with van der Waals surface area (Å²) in [5.41, 5.74) is 2.54. The molecule has 6 nitrogen and oxygen atoms in total. The van der Waals surface area contributed by atoms with Crippen LogP contribution in [0.15, 0.2) is 83.5 Å². The second-order valence-corrected chi connectivity index (χ2v) is 7.98. The van der Waals surface area contributed by atoms with Gasteiger partial charge in [0, 0.05) is 39.1 Å². The Balaban J connectivity index is 1.28. The third kappa shape index (κ3) is 5.45. The van der Waals surface area contributed by atoms with Crippen molar-refractivity contribution in [3.63, 3.8) is 0 Å². The van der Waals surface area contributed by atoms with Crippen molar-refractivity contribution in [2.24, 2.45) is 0 Å². The van der Waals surface area contributed by atoms with Gasteiger partial charge < -0.3 is 14.6 Å². The molecule has 1 N–H and O–H groups in total. The summed E-state index contributed by atoms with van der Waals surface area (Å²) in [4.78, 5) is 28.9. The lowest BCUT2D eigenvalue weighted by molar-refractivity contribution is -0.133. The molecule has 166 valence electrons. The van der Waals surface area contributed by atoms with Gasteiger partial charge in [0.15, 0.2) is 5.76 Å². The average Bonchev–Trinajstić information content (AvgIpc) is 3.39. The molecule has 0 atom stereocenters. The SMILES string of the molecule is O=C(NCCCC(=O)N1CCN(C(c2ccccc2)c2ccccc2)CC1)c1ccco1. The van der Waals surface area contributed by atoms with Crippen molar-refractivity contribution in [1.82, 2.24) is 15.1 Å². The van der Waals surface area contributed by atoms with Crippen molar-refractivity contribution >= 4 is 11.8 Å². The number of nitrogens with zero attached hydrogens (tertiary/aromatic N) is 2. The van der Waals surface area contributed by atoms with Gasteiger partial charge in [-0.25, -0.2) is 0 Å². The number of benzene rings is 2. The Kier molecular flexibility index (Phi) is 7.35. The number of amides is 2. The highest BCUT2D eigenvalue weighted by atomic mass is 16.3. The summed E-state index contributed by atoms with van der Waals surface area (Å²) in [6, 6.07) is 24.6. The highest BCUT2D eigenvalue weighted by Crippen LogP contribution is 2.29. The molecule has 0 unspecified atom stereocenters. The van der Waals surface area contributed by atoms with E-state index in [9.17, 15) is 9.59 Å². The van der Waals surface area contributed by atoms with Crippen LogP contribution in [-0.2, 0) is 4.79 Å². The van der Waals surface area contributed by atoms with E-state index in [0.29, 0.717) is 38.2 Å². The normalized spacial score (nSPS) is 14.5. The van der Waals surface area contributed by atoms with E-state index in [-0.39, 0.29) is 17.9 Å². The lowest BCUT2D eigenvalue weighted by Gasteiger charge is -2.40. The topological polar surface area (TPSA) is 65.8 Å². The fourth-order valence-corrected chi connectivity index (χ4v) is 4.21. The van der Waals surface area contributed by atoms with Crippen LogP contribution in [0, 0.1) is 0 Å². The molecule has 3 aromatic rings. The van der Waals surface area contributed by atoms with Gasteiger partial charge in [-0.1, -0.05) is 60.7 Å². The van der Waals surface area contributed by atoms with E-state index in [1.165, 1.54) is 17.4 Å². The monoisotopic (exact) mass is 431 g/mol. The lowest BCUT2D eigenvalue weighted by Crippen LogP contribution is -2.49. The molecule has 1 aliphatic heterocycles. The van der Waals surface area contributed by atoms with Crippen molar-refractivity contribution in [3.05, 3.63) is 95.9 Å². The Morgan fingerprint density at radius 2 is 1.47 bits per heavy atom. The van der Waals surface area contributed by atoms with Gasteiger partial charge in [-0.15, -0.1) is 0 Å². The molecule has 0 bridgehead atoms. The Hall–Kier alpha value is -3.38. The van der Waals surface area contributed by atoms with E-state index in [0.717, 1.165) is 13.1 Å². The molecular weight excluding hydrogens is 402 g/mol. The zero-order valence-electron chi connectivity index (χ0n) is 18.2.